The second-order valence-corrected chi connectivity index (χ2v) is 4.35. The third-order valence-corrected chi connectivity index (χ3v) is 3.42. The second-order valence-electron chi connectivity index (χ2n) is 3.53. The number of benzene rings is 1. The molecule has 0 radical (unpaired) electrons. The first-order valence-electron chi connectivity index (χ1n) is 5.07. The van der Waals surface area contributed by atoms with E-state index in [4.69, 9.17) is 0 Å². The maximum Gasteiger partial charge on any atom is 0.103 e. The van der Waals surface area contributed by atoms with Gasteiger partial charge in [-0.25, -0.2) is 4.98 Å². The highest BCUT2D eigenvalue weighted by Gasteiger charge is 2.07. The predicted octanol–water partition coefficient (Wildman–Crippen LogP) is 3.50. The molecule has 0 atom stereocenters. The largest absolute Gasteiger partial charge is 0.253 e. The lowest BCUT2D eigenvalue weighted by Gasteiger charge is -2.06. The molecule has 2 aromatic heterocycles. The molecule has 0 N–H and O–H groups in total. The van der Waals surface area contributed by atoms with Gasteiger partial charge in [-0.3, -0.25) is 4.98 Å². The minimum atomic E-state index is 0.963. The van der Waals surface area contributed by atoms with Crippen molar-refractivity contribution in [3.8, 4) is 0 Å². The summed E-state index contributed by atoms with van der Waals surface area (Å²) in [5.74, 6) is 0. The lowest BCUT2D eigenvalue weighted by Crippen LogP contribution is -1.88. The zero-order valence-electron chi connectivity index (χ0n) is 8.84. The molecule has 16 heavy (non-hydrogen) atoms. The van der Waals surface area contributed by atoms with E-state index in [1.807, 2.05) is 36.5 Å². The molecule has 0 fully saturated rings. The molecule has 0 bridgehead atoms. The van der Waals surface area contributed by atoms with Gasteiger partial charge in [-0.2, -0.15) is 0 Å². The zero-order valence-corrected chi connectivity index (χ0v) is 9.66. The van der Waals surface area contributed by atoms with Crippen molar-refractivity contribution in [2.45, 2.75) is 4.90 Å². The number of para-hydroxylation sites is 1. The third-order valence-electron chi connectivity index (χ3n) is 2.60. The van der Waals surface area contributed by atoms with Gasteiger partial charge >= 0.3 is 0 Å². The summed E-state index contributed by atoms with van der Waals surface area (Å²) in [5.41, 5.74) is 2.99. The van der Waals surface area contributed by atoms with E-state index in [0.717, 1.165) is 16.6 Å². The summed E-state index contributed by atoms with van der Waals surface area (Å²) >= 11 is 1.73. The minimum absolute atomic E-state index is 0.963. The Balaban J connectivity index is 2.56. The minimum Gasteiger partial charge on any atom is -0.253 e. The molecule has 78 valence electrons. The lowest BCUT2D eigenvalue weighted by atomic mass is 10.2. The molecule has 2 nitrogen and oxygen atoms in total. The number of thioether (sulfide) groups is 1. The third kappa shape index (κ3) is 1.36. The molecule has 3 aromatic rings. The Kier molecular flexibility index (Phi) is 2.26. The summed E-state index contributed by atoms with van der Waals surface area (Å²) in [7, 11) is 0. The van der Waals surface area contributed by atoms with Gasteiger partial charge in [0.25, 0.3) is 0 Å². The van der Waals surface area contributed by atoms with Crippen LogP contribution in [-0.2, 0) is 0 Å². The fourth-order valence-electron chi connectivity index (χ4n) is 1.89. The van der Waals surface area contributed by atoms with Gasteiger partial charge in [0.15, 0.2) is 0 Å². The van der Waals surface area contributed by atoms with E-state index in [1.54, 1.807) is 11.8 Å². The molecule has 0 amide bonds. The Hall–Kier alpha value is -1.61. The molecule has 0 aliphatic heterocycles. The highest BCUT2D eigenvalue weighted by Crippen LogP contribution is 2.30. The van der Waals surface area contributed by atoms with Crippen LogP contribution in [0, 0.1) is 0 Å². The maximum atomic E-state index is 4.61. The van der Waals surface area contributed by atoms with E-state index in [1.165, 1.54) is 10.3 Å². The molecular weight excluding hydrogens is 216 g/mol. The maximum absolute atomic E-state index is 4.61. The lowest BCUT2D eigenvalue weighted by molar-refractivity contribution is 1.33. The highest BCUT2D eigenvalue weighted by molar-refractivity contribution is 7.99. The average molecular weight is 226 g/mol. The summed E-state index contributed by atoms with van der Waals surface area (Å²) in [4.78, 5) is 10.2. The standard InChI is InChI=1S/C13H10N2S/c1-16-13-9-5-2-3-6-10(9)15-11-7-4-8-14-12(11)13/h2-8H,1H3. The number of pyridine rings is 2. The number of aromatic nitrogens is 2. The number of nitrogens with zero attached hydrogens (tertiary/aromatic N) is 2. The van der Waals surface area contributed by atoms with Gasteiger partial charge in [0.05, 0.1) is 11.0 Å². The summed E-state index contributed by atoms with van der Waals surface area (Å²) in [6, 6.07) is 12.1. The van der Waals surface area contributed by atoms with Crippen LogP contribution in [0.3, 0.4) is 0 Å². The van der Waals surface area contributed by atoms with Crippen LogP contribution in [0.2, 0.25) is 0 Å². The summed E-state index contributed by atoms with van der Waals surface area (Å²) in [6.07, 6.45) is 3.90. The van der Waals surface area contributed by atoms with Crippen molar-refractivity contribution < 1.29 is 0 Å². The Bertz CT molecular complexity index is 610. The van der Waals surface area contributed by atoms with Gasteiger partial charge in [0, 0.05) is 16.5 Å². The van der Waals surface area contributed by atoms with E-state index in [9.17, 15) is 0 Å². The molecule has 3 heteroatoms. The first-order valence-corrected chi connectivity index (χ1v) is 6.30. The number of hydrogen-bond donors (Lipinski definition) is 0. The van der Waals surface area contributed by atoms with Crippen LogP contribution in [0.1, 0.15) is 0 Å². The molecule has 1 aromatic carbocycles. The molecule has 0 aliphatic carbocycles. The van der Waals surface area contributed by atoms with Gasteiger partial charge in [-0.05, 0) is 24.5 Å². The highest BCUT2D eigenvalue weighted by atomic mass is 32.2. The van der Waals surface area contributed by atoms with Crippen molar-refractivity contribution in [3.05, 3.63) is 42.6 Å². The SMILES string of the molecule is CSc1c2ccccc2nc2cccnc12. The normalized spacial score (nSPS) is 11.1. The van der Waals surface area contributed by atoms with Crippen LogP contribution < -0.4 is 0 Å². The molecule has 0 spiro atoms. The number of rotatable bonds is 1. The number of fused-ring (bicyclic) bond motifs is 2. The van der Waals surface area contributed by atoms with Crippen molar-refractivity contribution in [1.82, 2.24) is 9.97 Å². The predicted molar refractivity (Wildman–Crippen MR) is 68.8 cm³/mol. The van der Waals surface area contributed by atoms with Crippen molar-refractivity contribution >= 4 is 33.7 Å². The van der Waals surface area contributed by atoms with Gasteiger partial charge in [-0.1, -0.05) is 18.2 Å². The Labute approximate surface area is 97.7 Å². The zero-order chi connectivity index (χ0) is 11.0. The summed E-state index contributed by atoms with van der Waals surface area (Å²) in [6.45, 7) is 0. The van der Waals surface area contributed by atoms with Gasteiger partial charge in [-0.15, -0.1) is 11.8 Å². The monoisotopic (exact) mass is 226 g/mol. The van der Waals surface area contributed by atoms with Gasteiger partial charge < -0.3 is 0 Å². The van der Waals surface area contributed by atoms with E-state index in [2.05, 4.69) is 22.3 Å². The van der Waals surface area contributed by atoms with Crippen LogP contribution >= 0.6 is 11.8 Å². The smallest absolute Gasteiger partial charge is 0.103 e. The molecule has 0 aliphatic rings. The first-order chi connectivity index (χ1) is 7.90. The summed E-state index contributed by atoms with van der Waals surface area (Å²) < 4.78 is 0. The molecule has 0 saturated heterocycles. The van der Waals surface area contributed by atoms with Gasteiger partial charge in [0.1, 0.15) is 5.52 Å². The van der Waals surface area contributed by atoms with Crippen LogP contribution in [0.5, 0.6) is 0 Å². The van der Waals surface area contributed by atoms with Crippen molar-refractivity contribution in [2.75, 3.05) is 6.26 Å². The molecular formula is C13H10N2S. The Morgan fingerprint density at radius 1 is 1.00 bits per heavy atom. The first kappa shape index (κ1) is 9.60. The average Bonchev–Trinajstić information content (AvgIpc) is 2.36. The quantitative estimate of drug-likeness (QED) is 0.469. The molecule has 3 rings (SSSR count). The fraction of sp³-hybridized carbons (Fsp3) is 0.0769. The van der Waals surface area contributed by atoms with Crippen molar-refractivity contribution in [2.24, 2.45) is 0 Å². The van der Waals surface area contributed by atoms with Crippen LogP contribution in [-0.4, -0.2) is 16.2 Å². The van der Waals surface area contributed by atoms with E-state index >= 15 is 0 Å². The second kappa shape index (κ2) is 3.76. The van der Waals surface area contributed by atoms with Crippen LogP contribution in [0.15, 0.2) is 47.5 Å². The van der Waals surface area contributed by atoms with Crippen LogP contribution in [0.25, 0.3) is 21.9 Å². The van der Waals surface area contributed by atoms with Crippen molar-refractivity contribution in [1.29, 1.82) is 0 Å². The van der Waals surface area contributed by atoms with Crippen molar-refractivity contribution in [3.63, 3.8) is 0 Å². The molecule has 0 saturated carbocycles. The molecule has 2 heterocycles. The Morgan fingerprint density at radius 3 is 2.69 bits per heavy atom. The van der Waals surface area contributed by atoms with E-state index < -0.39 is 0 Å². The van der Waals surface area contributed by atoms with E-state index in [0.29, 0.717) is 0 Å². The van der Waals surface area contributed by atoms with Crippen LogP contribution in [0.4, 0.5) is 0 Å². The van der Waals surface area contributed by atoms with Gasteiger partial charge in [0.2, 0.25) is 0 Å². The summed E-state index contributed by atoms with van der Waals surface area (Å²) in [5, 5.41) is 1.18. The fourth-order valence-corrected chi connectivity index (χ4v) is 2.63. The Morgan fingerprint density at radius 2 is 1.81 bits per heavy atom. The topological polar surface area (TPSA) is 25.8 Å². The van der Waals surface area contributed by atoms with E-state index in [-0.39, 0.29) is 0 Å². The number of hydrogen-bond acceptors (Lipinski definition) is 3. The molecule has 0 unspecified atom stereocenters.